The Morgan fingerprint density at radius 2 is 0.722 bits per heavy atom. The maximum absolute atomic E-state index is 12.7. The van der Waals surface area contributed by atoms with Crippen molar-refractivity contribution >= 4 is 64.9 Å². The number of ether oxygens (including phenoxy) is 14. The van der Waals surface area contributed by atoms with E-state index in [2.05, 4.69) is 35.3 Å². The van der Waals surface area contributed by atoms with Crippen LogP contribution in [0, 0.1) is 0 Å². The summed E-state index contributed by atoms with van der Waals surface area (Å²) < 4.78 is 82.4. The standard InChI is InChI=1S/C18H25N3O7.C16H23N3O6.C14H19N3O8.C14H21N3O5.C4H6O3.CH4/c1-6-12-13-14(28-18(4,5)27-13)16(26-12)21-7-11(8-25-10(3)23)15(19-9(2)22)20-17(21)24;1-5-10-11-12(25-16(3,4)24-11)14(23-10)19-6-9(7-22-8(2)20)13(17)18-15(19)21;1-6(19)15-12-8(5-24-7(2)20)3-17(14(23)16-12)13-11(22)10(21)9(4-18)25-13;1-4-8-9-10(22-14(2,3)21-9)12(20-8)17-5-7(6-18)11(15)16-13(17)19;1-3(5)7-4(2)6;/h7,12-14,16H,6,8H2,1-5H3,(H,19,20,22,24);6,10-12,14H,5,7H2,1-4H3,(H2,17,18,21);3,9-11,13,18,21-22H,4-5H2,1-2H3,(H,15,16,19,23);5,8-10,12,18H,4,6H2,1-3H3,(H2,15,16,19);1-2H3;1H4/t12-,13+,14?,16-;10-,11+,12?,14-;9-,10+,11?,13-;8-,9+,10?,12-;;/m1111../s1. The summed E-state index contributed by atoms with van der Waals surface area (Å²) in [6.07, 6.45) is -2.33. The van der Waals surface area contributed by atoms with Crippen LogP contribution in [0.5, 0.6) is 0 Å². The lowest BCUT2D eigenvalue weighted by Crippen LogP contribution is -2.36. The highest BCUT2D eigenvalue weighted by Crippen LogP contribution is 2.46. The summed E-state index contributed by atoms with van der Waals surface area (Å²) in [5, 5.41) is 43.1. The zero-order chi connectivity index (χ0) is 79.6. The van der Waals surface area contributed by atoms with Crippen molar-refractivity contribution in [2.75, 3.05) is 28.7 Å². The number of nitrogens with zero attached hydrogens (tertiary/aromatic N) is 8. The van der Waals surface area contributed by atoms with Crippen molar-refractivity contribution in [3.63, 3.8) is 0 Å². The molecule has 7 fully saturated rings. The molecule has 4 aromatic heterocycles. The second kappa shape index (κ2) is 37.0. The van der Waals surface area contributed by atoms with Gasteiger partial charge >= 0.3 is 52.6 Å². The number of carbonyl (C=O) groups excluding carboxylic acids is 7. The van der Waals surface area contributed by atoms with Gasteiger partial charge in [0.15, 0.2) is 42.3 Å². The second-order valence-corrected chi connectivity index (χ2v) is 26.6. The van der Waals surface area contributed by atoms with E-state index in [0.29, 0.717) is 29.5 Å². The molecule has 600 valence electrons. The molecule has 0 aromatic carbocycles. The molecule has 108 heavy (non-hydrogen) atoms. The molecule has 0 bridgehead atoms. The molecule has 10 N–H and O–H groups in total. The molecule has 4 unspecified atom stereocenters. The molecule has 2 amide bonds. The van der Waals surface area contributed by atoms with Gasteiger partial charge in [0.05, 0.1) is 31.5 Å². The summed E-state index contributed by atoms with van der Waals surface area (Å²) in [5.74, 6) is -5.82. The summed E-state index contributed by atoms with van der Waals surface area (Å²) >= 11 is 0. The van der Waals surface area contributed by atoms with Crippen LogP contribution >= 0.6 is 0 Å². The van der Waals surface area contributed by atoms with E-state index in [4.69, 9.17) is 78.2 Å². The average molecular weight is 1540 g/mol. The van der Waals surface area contributed by atoms with Crippen LogP contribution in [0.4, 0.5) is 23.3 Å². The highest BCUT2D eigenvalue weighted by atomic mass is 16.8. The molecule has 0 aliphatic carbocycles. The number of nitrogen functional groups attached to an aromatic ring is 2. The number of aromatic nitrogens is 8. The first-order valence-electron chi connectivity index (χ1n) is 34.0. The van der Waals surface area contributed by atoms with Crippen molar-refractivity contribution in [1.29, 1.82) is 0 Å². The van der Waals surface area contributed by atoms with Crippen LogP contribution in [0.15, 0.2) is 44.0 Å². The number of hydrogen-bond acceptors (Lipinski definition) is 35. The maximum Gasteiger partial charge on any atom is 0.351 e. The van der Waals surface area contributed by atoms with Crippen LogP contribution in [0.3, 0.4) is 0 Å². The van der Waals surface area contributed by atoms with Gasteiger partial charge in [0.1, 0.15) is 98.0 Å². The van der Waals surface area contributed by atoms with Gasteiger partial charge < -0.3 is 109 Å². The summed E-state index contributed by atoms with van der Waals surface area (Å²) in [5.41, 5.74) is 10.1. The van der Waals surface area contributed by atoms with Crippen LogP contribution in [0.25, 0.3) is 0 Å². The number of anilines is 4. The molecular formula is C67H98N12O29. The Hall–Kier alpha value is -8.95. The van der Waals surface area contributed by atoms with Crippen molar-refractivity contribution in [3.05, 3.63) is 89.0 Å². The molecule has 7 aliphatic heterocycles. The van der Waals surface area contributed by atoms with Crippen LogP contribution < -0.4 is 44.9 Å². The molecular weight excluding hydrogens is 1440 g/mol. The predicted octanol–water partition coefficient (Wildman–Crippen LogP) is 0.562. The smallest absolute Gasteiger partial charge is 0.351 e. The Bertz CT molecular complexity index is 4130. The summed E-state index contributed by atoms with van der Waals surface area (Å²) in [4.78, 5) is 140. The van der Waals surface area contributed by atoms with Crippen molar-refractivity contribution in [2.45, 2.75) is 279 Å². The Labute approximate surface area is 618 Å². The average Bonchev–Trinajstić information content (AvgIpc) is 1.61. The number of amides is 2. The number of esters is 5. The van der Waals surface area contributed by atoms with E-state index in [1.807, 2.05) is 62.3 Å². The normalized spacial score (nSPS) is 27.4. The molecule has 41 nitrogen and oxygen atoms in total. The van der Waals surface area contributed by atoms with Crippen molar-refractivity contribution in [1.82, 2.24) is 38.2 Å². The van der Waals surface area contributed by atoms with Crippen molar-refractivity contribution in [3.8, 4) is 0 Å². The van der Waals surface area contributed by atoms with Gasteiger partial charge in [-0.05, 0) is 60.8 Å². The maximum atomic E-state index is 12.7. The molecule has 7 saturated heterocycles. The number of nitrogens with one attached hydrogen (secondary N) is 2. The first kappa shape index (κ1) is 88.0. The van der Waals surface area contributed by atoms with Gasteiger partial charge in [-0.25, -0.2) is 19.2 Å². The molecule has 0 saturated carbocycles. The minimum atomic E-state index is -1.48. The van der Waals surface area contributed by atoms with E-state index in [1.54, 1.807) is 0 Å². The third kappa shape index (κ3) is 21.9. The largest absolute Gasteiger partial charge is 0.461 e. The van der Waals surface area contributed by atoms with E-state index in [-0.39, 0.29) is 99.3 Å². The van der Waals surface area contributed by atoms with Crippen LogP contribution in [0.1, 0.15) is 185 Å². The number of carbonyl (C=O) groups is 7. The predicted molar refractivity (Wildman–Crippen MR) is 370 cm³/mol. The summed E-state index contributed by atoms with van der Waals surface area (Å²) in [7, 11) is 0. The van der Waals surface area contributed by atoms with Gasteiger partial charge in [0.2, 0.25) is 11.8 Å². The van der Waals surface area contributed by atoms with Gasteiger partial charge in [-0.1, -0.05) is 28.2 Å². The van der Waals surface area contributed by atoms with E-state index < -0.39 is 150 Å². The highest BCUT2D eigenvalue weighted by Gasteiger charge is 2.58. The lowest BCUT2D eigenvalue weighted by molar-refractivity contribution is -0.197. The lowest BCUT2D eigenvalue weighted by atomic mass is 10.1. The Morgan fingerprint density at radius 3 is 1.01 bits per heavy atom. The number of hydrogen-bond donors (Lipinski definition) is 8. The van der Waals surface area contributed by atoms with Gasteiger partial charge in [-0.3, -0.25) is 51.8 Å². The van der Waals surface area contributed by atoms with Gasteiger partial charge in [0, 0.05) is 95.5 Å². The van der Waals surface area contributed by atoms with Gasteiger partial charge in [0.25, 0.3) is 0 Å². The molecule has 11 rings (SSSR count). The first-order valence-corrected chi connectivity index (χ1v) is 34.0. The Balaban J connectivity index is 0.000000218. The lowest BCUT2D eigenvalue weighted by Gasteiger charge is -2.25. The molecule has 7 aliphatic rings. The van der Waals surface area contributed by atoms with E-state index in [9.17, 15) is 68.1 Å². The zero-order valence-electron chi connectivity index (χ0n) is 61.9. The monoisotopic (exact) mass is 1530 g/mol. The quantitative estimate of drug-likeness (QED) is 0.0407. The van der Waals surface area contributed by atoms with Crippen molar-refractivity contribution < 1.29 is 120 Å². The fourth-order valence-corrected chi connectivity index (χ4v) is 12.3. The molecule has 0 radical (unpaired) electrons. The molecule has 4 aromatic rings. The Morgan fingerprint density at radius 1 is 0.435 bits per heavy atom. The fraction of sp³-hybridized carbons (Fsp3) is 0.657. The number of fused-ring (bicyclic) bond motifs is 3. The van der Waals surface area contributed by atoms with E-state index in [1.165, 1.54) is 87.0 Å². The molecule has 16 atom stereocenters. The number of rotatable bonds is 17. The topological polar surface area (TPSA) is 545 Å². The third-order valence-corrected chi connectivity index (χ3v) is 16.7. The molecule has 0 spiro atoms. The first-order chi connectivity index (χ1) is 50.0. The molecule has 41 heteroatoms. The third-order valence-electron chi connectivity index (χ3n) is 16.7. The minimum absolute atomic E-state index is 0. The second-order valence-electron chi connectivity index (χ2n) is 26.6. The minimum Gasteiger partial charge on any atom is -0.461 e. The number of aliphatic hydroxyl groups excluding tert-OH is 4. The fourth-order valence-electron chi connectivity index (χ4n) is 12.3. The van der Waals surface area contributed by atoms with Crippen molar-refractivity contribution in [2.24, 2.45) is 0 Å². The van der Waals surface area contributed by atoms with E-state index in [0.717, 1.165) is 11.0 Å². The van der Waals surface area contributed by atoms with Gasteiger partial charge in [-0.15, -0.1) is 0 Å². The van der Waals surface area contributed by atoms with Crippen LogP contribution in [0.2, 0.25) is 0 Å². The molecule has 11 heterocycles. The van der Waals surface area contributed by atoms with Crippen LogP contribution in [-0.2, 0) is 126 Å². The van der Waals surface area contributed by atoms with E-state index >= 15 is 0 Å². The SMILES string of the molecule is C.CC(=O)Nc1nc(=O)n([C@@H]2O[C@H](CO)[C@H](O)C2O)cc1COC(C)=O.CC(=O)OC(C)=O.CC[C@H]1O[C@@H](n2cc(CO)c(N)nc2=O)C2OC(C)(C)O[C@H]21.CC[C@H]1O[C@@H](n2cc(COC(C)=O)c(N)nc2=O)C2OC(C)(C)O[C@H]21.CC[C@H]1O[C@@H](n2cc(COC(C)=O)c(NC(C)=O)nc2=O)C2OC(C)(C)O[C@H]21. The number of nitrogens with two attached hydrogens (primary N) is 2. The summed E-state index contributed by atoms with van der Waals surface area (Å²) in [6.45, 7) is 24.1. The van der Waals surface area contributed by atoms with Gasteiger partial charge in [-0.2, -0.15) is 19.9 Å². The summed E-state index contributed by atoms with van der Waals surface area (Å²) in [6, 6.07) is 0. The Kier molecular flexibility index (Phi) is 30.1. The zero-order valence-corrected chi connectivity index (χ0v) is 61.9. The number of aliphatic hydroxyl groups is 4. The highest BCUT2D eigenvalue weighted by molar-refractivity contribution is 5.89. The van der Waals surface area contributed by atoms with Crippen LogP contribution in [-0.4, -0.2) is 198 Å².